The second-order valence-corrected chi connectivity index (χ2v) is 12.5. The summed E-state index contributed by atoms with van der Waals surface area (Å²) in [6.45, 7) is 6.18. The van der Waals surface area contributed by atoms with E-state index in [9.17, 15) is 14.4 Å². The van der Waals surface area contributed by atoms with Crippen molar-refractivity contribution >= 4 is 29.7 Å². The van der Waals surface area contributed by atoms with Crippen molar-refractivity contribution in [3.05, 3.63) is 70.7 Å². The molecule has 1 saturated carbocycles. The fourth-order valence-corrected chi connectivity index (χ4v) is 6.82. The summed E-state index contributed by atoms with van der Waals surface area (Å²) >= 11 is 6.24. The van der Waals surface area contributed by atoms with Gasteiger partial charge in [0.05, 0.1) is 18.0 Å². The Hall–Kier alpha value is -3.06. The van der Waals surface area contributed by atoms with Gasteiger partial charge in [-0.25, -0.2) is 14.5 Å². The molecule has 2 aliphatic heterocycles. The van der Waals surface area contributed by atoms with Crippen molar-refractivity contribution in [1.82, 2.24) is 9.80 Å². The van der Waals surface area contributed by atoms with Crippen LogP contribution in [0.2, 0.25) is 5.02 Å². The Morgan fingerprint density at radius 2 is 1.72 bits per heavy atom. The first-order chi connectivity index (χ1) is 18.6. The molecule has 0 aromatic heterocycles. The minimum atomic E-state index is -0.765. The Balaban J connectivity index is 1.56. The van der Waals surface area contributed by atoms with E-state index in [1.807, 2.05) is 63.2 Å². The maximum absolute atomic E-state index is 14.6. The Kier molecular flexibility index (Phi) is 7.64. The molecule has 0 bridgehead atoms. The van der Waals surface area contributed by atoms with Crippen molar-refractivity contribution < 1.29 is 23.9 Å². The molecule has 2 aromatic carbocycles. The monoisotopic (exact) mass is 552 g/mol. The highest BCUT2D eigenvalue weighted by atomic mass is 35.5. The predicted molar refractivity (Wildman–Crippen MR) is 149 cm³/mol. The molecular weight excluding hydrogens is 516 g/mol. The van der Waals surface area contributed by atoms with Crippen molar-refractivity contribution in [2.75, 3.05) is 13.2 Å². The third-order valence-corrected chi connectivity index (χ3v) is 8.62. The average Bonchev–Trinajstić information content (AvgIpc) is 3.60. The highest BCUT2D eigenvalue weighted by molar-refractivity contribution is 6.30. The van der Waals surface area contributed by atoms with E-state index in [1.165, 1.54) is 4.90 Å². The van der Waals surface area contributed by atoms with E-state index in [2.05, 4.69) is 0 Å². The average molecular weight is 553 g/mol. The lowest BCUT2D eigenvalue weighted by atomic mass is 9.71. The quantitative estimate of drug-likeness (QED) is 0.418. The molecule has 0 radical (unpaired) electrons. The lowest BCUT2D eigenvalue weighted by Crippen LogP contribution is -2.53. The maximum Gasteiger partial charge on any atom is 0.417 e. The minimum absolute atomic E-state index is 0.137. The molecule has 2 aromatic rings. The molecule has 39 heavy (non-hydrogen) atoms. The van der Waals surface area contributed by atoms with Gasteiger partial charge in [0.1, 0.15) is 12.2 Å². The van der Waals surface area contributed by atoms with Crippen molar-refractivity contribution in [2.45, 2.75) is 82.9 Å². The molecular formula is C31H37ClN2O5. The number of cyclic esters (lactones) is 1. The number of rotatable bonds is 5. The van der Waals surface area contributed by atoms with E-state index in [4.69, 9.17) is 21.1 Å². The second-order valence-electron chi connectivity index (χ2n) is 12.1. The highest BCUT2D eigenvalue weighted by Crippen LogP contribution is 2.54. The van der Waals surface area contributed by atoms with E-state index >= 15 is 0 Å². The zero-order valence-electron chi connectivity index (χ0n) is 22.9. The van der Waals surface area contributed by atoms with Crippen LogP contribution in [-0.2, 0) is 20.7 Å². The Labute approximate surface area is 235 Å². The molecule has 208 valence electrons. The summed E-state index contributed by atoms with van der Waals surface area (Å²) in [5, 5.41) is 0.554. The third kappa shape index (κ3) is 5.65. The second kappa shape index (κ2) is 10.8. The molecule has 7 nitrogen and oxygen atoms in total. The van der Waals surface area contributed by atoms with E-state index in [0.717, 1.165) is 43.2 Å². The number of hydrogen-bond donors (Lipinski definition) is 0. The summed E-state index contributed by atoms with van der Waals surface area (Å²) in [7, 11) is 0. The van der Waals surface area contributed by atoms with Gasteiger partial charge in [0, 0.05) is 11.6 Å². The van der Waals surface area contributed by atoms with Crippen molar-refractivity contribution in [2.24, 2.45) is 5.41 Å². The van der Waals surface area contributed by atoms with Gasteiger partial charge in [-0.2, -0.15) is 0 Å². The summed E-state index contributed by atoms with van der Waals surface area (Å²) in [6.07, 6.45) is 4.17. The first-order valence-corrected chi connectivity index (χ1v) is 14.2. The molecule has 5 rings (SSSR count). The number of carbonyl (C=O) groups is 3. The van der Waals surface area contributed by atoms with Gasteiger partial charge >= 0.3 is 12.2 Å². The van der Waals surface area contributed by atoms with Crippen LogP contribution in [0.15, 0.2) is 54.6 Å². The fraction of sp³-hybridized carbons (Fsp3) is 0.516. The van der Waals surface area contributed by atoms with Gasteiger partial charge in [0.15, 0.2) is 0 Å². The van der Waals surface area contributed by atoms with Gasteiger partial charge in [-0.05, 0) is 75.1 Å². The number of carbonyl (C=O) groups excluding carboxylic acids is 3. The van der Waals surface area contributed by atoms with Gasteiger partial charge in [-0.15, -0.1) is 0 Å². The Morgan fingerprint density at radius 1 is 1.05 bits per heavy atom. The number of amides is 3. The standard InChI is InChI=1S/C31H37ClN2O5/c1-30(2,3)39-28(36)33-18-17-31(15-7-8-16-31)26(33)25(22-11-13-23(32)14-12-22)27(35)34-24(20-38-29(34)37)19-21-9-5-4-6-10-21/h4-6,9-14,24-26H,7-8,15-20H2,1-3H3/t24-,25+,26-/m1/s1. The molecule has 3 amide bonds. The zero-order chi connectivity index (χ0) is 27.8. The van der Waals surface area contributed by atoms with Crippen LogP contribution in [0.25, 0.3) is 0 Å². The minimum Gasteiger partial charge on any atom is -0.447 e. The summed E-state index contributed by atoms with van der Waals surface area (Å²) in [5.74, 6) is -1.10. The molecule has 0 N–H and O–H groups in total. The molecule has 3 atom stereocenters. The van der Waals surface area contributed by atoms with E-state index in [-0.39, 0.29) is 17.9 Å². The van der Waals surface area contributed by atoms with Crippen molar-refractivity contribution in [3.8, 4) is 0 Å². The molecule has 3 fully saturated rings. The molecule has 3 aliphatic rings. The number of halogens is 1. The molecule has 2 heterocycles. The highest BCUT2D eigenvalue weighted by Gasteiger charge is 2.57. The third-order valence-electron chi connectivity index (χ3n) is 8.36. The smallest absolute Gasteiger partial charge is 0.417 e. The molecule has 0 unspecified atom stereocenters. The van der Waals surface area contributed by atoms with E-state index in [1.54, 1.807) is 17.0 Å². The maximum atomic E-state index is 14.6. The van der Waals surface area contributed by atoms with Crippen LogP contribution >= 0.6 is 11.6 Å². The van der Waals surface area contributed by atoms with Crippen LogP contribution < -0.4 is 0 Å². The van der Waals surface area contributed by atoms with Gasteiger partial charge in [-0.3, -0.25) is 4.79 Å². The summed E-state index contributed by atoms with van der Waals surface area (Å²) in [6, 6.07) is 16.1. The summed E-state index contributed by atoms with van der Waals surface area (Å²) < 4.78 is 11.3. The van der Waals surface area contributed by atoms with Crippen LogP contribution in [0.3, 0.4) is 0 Å². The Bertz CT molecular complexity index is 1200. The SMILES string of the molecule is CC(C)(C)OC(=O)N1CCC2(CCCC2)[C@H]1[C@@H](C(=O)N1C(=O)OC[C@H]1Cc1ccccc1)c1ccc(Cl)cc1. The summed E-state index contributed by atoms with van der Waals surface area (Å²) in [4.78, 5) is 44.4. The molecule has 2 saturated heterocycles. The van der Waals surface area contributed by atoms with E-state index in [0.29, 0.717) is 18.0 Å². The van der Waals surface area contributed by atoms with Crippen LogP contribution in [0.1, 0.15) is 69.9 Å². The fourth-order valence-electron chi connectivity index (χ4n) is 6.69. The predicted octanol–water partition coefficient (Wildman–Crippen LogP) is 6.58. The number of hydrogen-bond acceptors (Lipinski definition) is 5. The normalized spacial score (nSPS) is 23.2. The molecule has 1 spiro atoms. The topological polar surface area (TPSA) is 76.2 Å². The Morgan fingerprint density at radius 3 is 2.36 bits per heavy atom. The van der Waals surface area contributed by atoms with Crippen molar-refractivity contribution in [1.29, 1.82) is 0 Å². The van der Waals surface area contributed by atoms with Crippen molar-refractivity contribution in [3.63, 3.8) is 0 Å². The van der Waals surface area contributed by atoms with Crippen LogP contribution in [0.5, 0.6) is 0 Å². The number of nitrogens with zero attached hydrogens (tertiary/aromatic N) is 2. The van der Waals surface area contributed by atoms with Gasteiger partial charge in [0.2, 0.25) is 5.91 Å². The van der Waals surface area contributed by atoms with Crippen LogP contribution in [0.4, 0.5) is 9.59 Å². The number of likely N-dealkylation sites (tertiary alicyclic amines) is 1. The van der Waals surface area contributed by atoms with Crippen LogP contribution in [0, 0.1) is 5.41 Å². The first kappa shape index (κ1) is 27.5. The summed E-state index contributed by atoms with van der Waals surface area (Å²) in [5.41, 5.74) is 0.848. The van der Waals surface area contributed by atoms with E-state index < -0.39 is 35.8 Å². The number of imide groups is 1. The number of benzene rings is 2. The largest absolute Gasteiger partial charge is 0.447 e. The lowest BCUT2D eigenvalue weighted by Gasteiger charge is -2.41. The zero-order valence-corrected chi connectivity index (χ0v) is 23.7. The lowest BCUT2D eigenvalue weighted by molar-refractivity contribution is -0.133. The first-order valence-electron chi connectivity index (χ1n) is 13.9. The molecule has 8 heteroatoms. The molecule has 1 aliphatic carbocycles. The van der Waals surface area contributed by atoms with Gasteiger partial charge in [-0.1, -0.05) is 66.9 Å². The van der Waals surface area contributed by atoms with Crippen LogP contribution in [-0.4, -0.2) is 58.7 Å². The van der Waals surface area contributed by atoms with Gasteiger partial charge in [0.25, 0.3) is 0 Å². The number of ether oxygens (including phenoxy) is 2. The van der Waals surface area contributed by atoms with Gasteiger partial charge < -0.3 is 14.4 Å².